The fraction of sp³-hybridized carbons (Fsp3) is 0.474. The summed E-state index contributed by atoms with van der Waals surface area (Å²) in [7, 11) is 0. The lowest BCUT2D eigenvalue weighted by molar-refractivity contribution is 0.363. The molecule has 1 aromatic heterocycles. The maximum atomic E-state index is 6.30. The third kappa shape index (κ3) is 3.14. The summed E-state index contributed by atoms with van der Waals surface area (Å²) in [6, 6.07) is 8.46. The van der Waals surface area contributed by atoms with Gasteiger partial charge in [0.2, 0.25) is 0 Å². The highest BCUT2D eigenvalue weighted by atomic mass is 15.3. The van der Waals surface area contributed by atoms with E-state index in [1.807, 2.05) is 6.20 Å². The van der Waals surface area contributed by atoms with Gasteiger partial charge >= 0.3 is 0 Å². The third-order valence-electron chi connectivity index (χ3n) is 5.36. The molecule has 0 aliphatic carbocycles. The Kier molecular flexibility index (Phi) is 4.00. The number of nitrogen functional groups attached to an aromatic ring is 1. The zero-order valence-corrected chi connectivity index (χ0v) is 14.8. The van der Waals surface area contributed by atoms with E-state index >= 15 is 0 Å². The Morgan fingerprint density at radius 3 is 2.64 bits per heavy atom. The third-order valence-corrected chi connectivity index (χ3v) is 5.36. The number of hydrogen-bond acceptors (Lipinski definition) is 6. The van der Waals surface area contributed by atoms with Crippen LogP contribution in [0.5, 0.6) is 0 Å². The first-order valence-electron chi connectivity index (χ1n) is 9.05. The van der Waals surface area contributed by atoms with Crippen LogP contribution in [0.4, 0.5) is 23.1 Å². The van der Waals surface area contributed by atoms with Crippen LogP contribution >= 0.6 is 0 Å². The van der Waals surface area contributed by atoms with E-state index in [1.54, 1.807) is 0 Å². The van der Waals surface area contributed by atoms with Crippen LogP contribution < -0.4 is 21.3 Å². The van der Waals surface area contributed by atoms with E-state index in [1.165, 1.54) is 11.3 Å². The topological polar surface area (TPSA) is 84.3 Å². The molecule has 6 heteroatoms. The van der Waals surface area contributed by atoms with Crippen LogP contribution in [0.25, 0.3) is 0 Å². The van der Waals surface area contributed by atoms with Crippen LogP contribution in [-0.2, 0) is 6.42 Å². The number of anilines is 4. The fourth-order valence-corrected chi connectivity index (χ4v) is 3.75. The highest BCUT2D eigenvalue weighted by molar-refractivity contribution is 5.72. The molecule has 4 N–H and O–H groups in total. The van der Waals surface area contributed by atoms with Crippen LogP contribution in [-0.4, -0.2) is 35.1 Å². The summed E-state index contributed by atoms with van der Waals surface area (Å²) in [5.41, 5.74) is 15.0. The van der Waals surface area contributed by atoms with Gasteiger partial charge in [-0.2, -0.15) is 0 Å². The van der Waals surface area contributed by atoms with Crippen molar-refractivity contribution in [1.29, 1.82) is 0 Å². The lowest BCUT2D eigenvalue weighted by Crippen LogP contribution is -2.48. The Morgan fingerprint density at radius 2 is 1.88 bits per heavy atom. The van der Waals surface area contributed by atoms with E-state index in [-0.39, 0.29) is 5.54 Å². The van der Waals surface area contributed by atoms with Gasteiger partial charge in [0.15, 0.2) is 11.6 Å². The molecule has 0 bridgehead atoms. The number of hydrogen-bond donors (Lipinski definition) is 2. The van der Waals surface area contributed by atoms with Crippen LogP contribution in [0.3, 0.4) is 0 Å². The average Bonchev–Trinajstić information content (AvgIpc) is 2.61. The molecule has 2 aliphatic heterocycles. The molecule has 132 valence electrons. The van der Waals surface area contributed by atoms with E-state index in [2.05, 4.69) is 51.0 Å². The van der Waals surface area contributed by atoms with Gasteiger partial charge in [-0.05, 0) is 44.2 Å². The van der Waals surface area contributed by atoms with Crippen molar-refractivity contribution in [1.82, 2.24) is 9.97 Å². The van der Waals surface area contributed by atoms with Crippen molar-refractivity contribution in [2.45, 2.75) is 38.1 Å². The van der Waals surface area contributed by atoms with Gasteiger partial charge in [-0.3, -0.25) is 0 Å². The van der Waals surface area contributed by atoms with Crippen LogP contribution in [0.15, 0.2) is 30.5 Å². The highest BCUT2D eigenvalue weighted by Crippen LogP contribution is 2.35. The SMILES string of the molecule is CC1(N)CCN(c2cnc(N3CCCc4ccccc43)c(N)n2)CC1. The predicted octanol–water partition coefficient (Wildman–Crippen LogP) is 2.46. The molecule has 0 radical (unpaired) electrons. The number of benzene rings is 1. The maximum absolute atomic E-state index is 6.30. The molecular weight excluding hydrogens is 312 g/mol. The summed E-state index contributed by atoms with van der Waals surface area (Å²) >= 11 is 0. The molecule has 1 aromatic carbocycles. The first kappa shape index (κ1) is 16.1. The van der Waals surface area contributed by atoms with Crippen LogP contribution in [0.1, 0.15) is 31.7 Å². The van der Waals surface area contributed by atoms with Crippen molar-refractivity contribution in [3.8, 4) is 0 Å². The Hall–Kier alpha value is -2.34. The molecule has 0 atom stereocenters. The summed E-state index contributed by atoms with van der Waals surface area (Å²) in [6.07, 6.45) is 5.96. The van der Waals surface area contributed by atoms with Gasteiger partial charge in [0.05, 0.1) is 6.20 Å². The Morgan fingerprint density at radius 1 is 1.12 bits per heavy atom. The average molecular weight is 338 g/mol. The number of fused-ring (bicyclic) bond motifs is 1. The van der Waals surface area contributed by atoms with Gasteiger partial charge in [-0.15, -0.1) is 0 Å². The zero-order valence-electron chi connectivity index (χ0n) is 14.8. The van der Waals surface area contributed by atoms with Gasteiger partial charge in [-0.25, -0.2) is 9.97 Å². The number of nitrogens with zero attached hydrogens (tertiary/aromatic N) is 4. The predicted molar refractivity (Wildman–Crippen MR) is 102 cm³/mol. The second-order valence-electron chi connectivity index (χ2n) is 7.46. The number of nitrogens with two attached hydrogens (primary N) is 2. The maximum Gasteiger partial charge on any atom is 0.176 e. The van der Waals surface area contributed by atoms with Crippen LogP contribution in [0.2, 0.25) is 0 Å². The number of aromatic nitrogens is 2. The molecule has 6 nitrogen and oxygen atoms in total. The molecule has 2 aliphatic rings. The number of piperidine rings is 1. The first-order chi connectivity index (χ1) is 12.0. The number of para-hydroxylation sites is 1. The van der Waals surface area contributed by atoms with E-state index < -0.39 is 0 Å². The normalized spacial score (nSPS) is 19.6. The van der Waals surface area contributed by atoms with Gasteiger partial charge < -0.3 is 21.3 Å². The van der Waals surface area contributed by atoms with Crippen LogP contribution in [0, 0.1) is 0 Å². The highest BCUT2D eigenvalue weighted by Gasteiger charge is 2.27. The minimum atomic E-state index is -0.0765. The largest absolute Gasteiger partial charge is 0.381 e. The Labute approximate surface area is 148 Å². The second-order valence-corrected chi connectivity index (χ2v) is 7.46. The van der Waals surface area contributed by atoms with Crippen molar-refractivity contribution in [3.63, 3.8) is 0 Å². The second kappa shape index (κ2) is 6.19. The van der Waals surface area contributed by atoms with Crippen molar-refractivity contribution in [3.05, 3.63) is 36.0 Å². The minimum absolute atomic E-state index is 0.0765. The molecule has 3 heterocycles. The molecule has 0 spiro atoms. The van der Waals surface area contributed by atoms with Crippen molar-refractivity contribution < 1.29 is 0 Å². The lowest BCUT2D eigenvalue weighted by Gasteiger charge is -2.37. The molecule has 0 unspecified atom stereocenters. The number of rotatable bonds is 2. The molecule has 1 fully saturated rings. The van der Waals surface area contributed by atoms with Crippen molar-refractivity contribution >= 4 is 23.1 Å². The Balaban J connectivity index is 1.59. The van der Waals surface area contributed by atoms with Crippen molar-refractivity contribution in [2.75, 3.05) is 35.2 Å². The zero-order chi connectivity index (χ0) is 17.4. The van der Waals surface area contributed by atoms with Gasteiger partial charge in [0.1, 0.15) is 5.82 Å². The van der Waals surface area contributed by atoms with Gasteiger partial charge in [-0.1, -0.05) is 18.2 Å². The van der Waals surface area contributed by atoms with Gasteiger partial charge in [0, 0.05) is 30.9 Å². The first-order valence-corrected chi connectivity index (χ1v) is 9.05. The molecule has 25 heavy (non-hydrogen) atoms. The number of aryl methyl sites for hydroxylation is 1. The summed E-state index contributed by atoms with van der Waals surface area (Å²) in [5.74, 6) is 2.11. The molecule has 0 saturated carbocycles. The molecule has 0 amide bonds. The summed E-state index contributed by atoms with van der Waals surface area (Å²) in [6.45, 7) is 4.83. The monoisotopic (exact) mass is 338 g/mol. The van der Waals surface area contributed by atoms with E-state index in [9.17, 15) is 0 Å². The molecule has 2 aromatic rings. The van der Waals surface area contributed by atoms with Gasteiger partial charge in [0.25, 0.3) is 0 Å². The van der Waals surface area contributed by atoms with E-state index in [0.29, 0.717) is 5.82 Å². The summed E-state index contributed by atoms with van der Waals surface area (Å²) in [5, 5.41) is 0. The van der Waals surface area contributed by atoms with Crippen molar-refractivity contribution in [2.24, 2.45) is 5.73 Å². The standard InChI is InChI=1S/C19H26N6/c1-19(21)8-11-24(12-9-19)16-13-22-18(17(20)23-16)25-10-4-6-14-5-2-3-7-15(14)25/h2-3,5,7,13H,4,6,8-12,21H2,1H3,(H2,20,23). The lowest BCUT2D eigenvalue weighted by atomic mass is 9.91. The summed E-state index contributed by atoms with van der Waals surface area (Å²) < 4.78 is 0. The quantitative estimate of drug-likeness (QED) is 0.875. The molecular formula is C19H26N6. The Bertz CT molecular complexity index is 762. The summed E-state index contributed by atoms with van der Waals surface area (Å²) in [4.78, 5) is 13.7. The smallest absolute Gasteiger partial charge is 0.176 e. The minimum Gasteiger partial charge on any atom is -0.381 e. The molecule has 4 rings (SSSR count). The fourth-order valence-electron chi connectivity index (χ4n) is 3.75. The van der Waals surface area contributed by atoms with E-state index in [4.69, 9.17) is 11.5 Å². The van der Waals surface area contributed by atoms with E-state index in [0.717, 1.165) is 57.0 Å². The molecule has 1 saturated heterocycles.